The van der Waals surface area contributed by atoms with Crippen molar-refractivity contribution >= 4 is 28.3 Å². The first-order chi connectivity index (χ1) is 8.85. The second-order valence-corrected chi connectivity index (χ2v) is 7.11. The van der Waals surface area contributed by atoms with E-state index in [4.69, 9.17) is 5.73 Å². The second-order valence-electron chi connectivity index (χ2n) is 5.27. The largest absolute Gasteiger partial charge is 0.339 e. The molecule has 2 atom stereocenters. The molecule has 1 fully saturated rings. The molecule has 1 amide bonds. The van der Waals surface area contributed by atoms with Gasteiger partial charge >= 0.3 is 0 Å². The Morgan fingerprint density at radius 3 is 2.65 bits per heavy atom. The molecule has 120 valence electrons. The first-order valence-electron chi connectivity index (χ1n) is 6.80. The van der Waals surface area contributed by atoms with Gasteiger partial charge in [0.05, 0.1) is 6.26 Å². The Labute approximate surface area is 127 Å². The standard InChI is InChI=1S/C12H25N3O3S.ClH/c1-10(9-13)12(16)15-8-4-3-5-11(15)6-7-14-19(2,17)18;/h10-11,14H,3-9,13H2,1-2H3;1H. The number of nitrogens with two attached hydrogens (primary N) is 1. The Bertz CT molecular complexity index is 403. The average molecular weight is 328 g/mol. The van der Waals surface area contributed by atoms with Crippen LogP contribution in [0.4, 0.5) is 0 Å². The molecule has 0 aliphatic carbocycles. The van der Waals surface area contributed by atoms with E-state index in [1.54, 1.807) is 0 Å². The number of nitrogens with zero attached hydrogens (tertiary/aromatic N) is 1. The molecule has 1 aliphatic rings. The molecule has 0 aromatic rings. The molecular formula is C12H26ClN3O3S. The van der Waals surface area contributed by atoms with E-state index in [1.165, 1.54) is 0 Å². The van der Waals surface area contributed by atoms with Gasteiger partial charge < -0.3 is 10.6 Å². The third-order valence-electron chi connectivity index (χ3n) is 3.53. The van der Waals surface area contributed by atoms with Gasteiger partial charge in [-0.3, -0.25) is 4.79 Å². The van der Waals surface area contributed by atoms with Gasteiger partial charge in [0.25, 0.3) is 0 Å². The molecule has 0 saturated carbocycles. The molecule has 0 bridgehead atoms. The average Bonchev–Trinajstić information content (AvgIpc) is 2.36. The Kier molecular flexibility index (Phi) is 8.65. The van der Waals surface area contributed by atoms with Gasteiger partial charge in [0.2, 0.25) is 15.9 Å². The van der Waals surface area contributed by atoms with Gasteiger partial charge in [-0.1, -0.05) is 6.92 Å². The van der Waals surface area contributed by atoms with Gasteiger partial charge in [-0.2, -0.15) is 0 Å². The van der Waals surface area contributed by atoms with E-state index in [9.17, 15) is 13.2 Å². The Balaban J connectivity index is 0.00000361. The summed E-state index contributed by atoms with van der Waals surface area (Å²) in [6.07, 6.45) is 4.85. The highest BCUT2D eigenvalue weighted by molar-refractivity contribution is 7.88. The van der Waals surface area contributed by atoms with Crippen molar-refractivity contribution < 1.29 is 13.2 Å². The zero-order chi connectivity index (χ0) is 14.5. The topological polar surface area (TPSA) is 92.5 Å². The molecule has 1 rings (SSSR count). The summed E-state index contributed by atoms with van der Waals surface area (Å²) in [5.74, 6) is -0.0741. The fraction of sp³-hybridized carbons (Fsp3) is 0.917. The van der Waals surface area contributed by atoms with Gasteiger partial charge in [-0.25, -0.2) is 13.1 Å². The Morgan fingerprint density at radius 2 is 2.10 bits per heavy atom. The van der Waals surface area contributed by atoms with E-state index >= 15 is 0 Å². The molecule has 0 spiro atoms. The van der Waals surface area contributed by atoms with Gasteiger partial charge in [-0.05, 0) is 25.7 Å². The fourth-order valence-corrected chi connectivity index (χ4v) is 2.87. The minimum Gasteiger partial charge on any atom is -0.339 e. The van der Waals surface area contributed by atoms with Crippen molar-refractivity contribution in [2.45, 2.75) is 38.6 Å². The summed E-state index contributed by atoms with van der Waals surface area (Å²) in [5.41, 5.74) is 5.54. The number of amides is 1. The lowest BCUT2D eigenvalue weighted by atomic mass is 9.97. The molecule has 1 aliphatic heterocycles. The summed E-state index contributed by atoms with van der Waals surface area (Å²) in [6.45, 7) is 3.32. The van der Waals surface area contributed by atoms with Crippen LogP contribution in [0, 0.1) is 5.92 Å². The first-order valence-corrected chi connectivity index (χ1v) is 8.69. The minimum atomic E-state index is -3.16. The predicted octanol–water partition coefficient (Wildman–Crippen LogP) is 0.323. The lowest BCUT2D eigenvalue weighted by Gasteiger charge is -2.37. The van der Waals surface area contributed by atoms with E-state index in [-0.39, 0.29) is 30.3 Å². The smallest absolute Gasteiger partial charge is 0.226 e. The molecule has 8 heteroatoms. The van der Waals surface area contributed by atoms with Crippen LogP contribution in [0.3, 0.4) is 0 Å². The molecule has 0 aromatic heterocycles. The highest BCUT2D eigenvalue weighted by atomic mass is 35.5. The second kappa shape index (κ2) is 8.81. The Morgan fingerprint density at radius 1 is 1.45 bits per heavy atom. The van der Waals surface area contributed by atoms with Crippen LogP contribution >= 0.6 is 12.4 Å². The number of likely N-dealkylation sites (tertiary alicyclic amines) is 1. The van der Waals surface area contributed by atoms with Crippen molar-refractivity contribution in [3.05, 3.63) is 0 Å². The van der Waals surface area contributed by atoms with E-state index < -0.39 is 10.0 Å². The summed E-state index contributed by atoms with van der Waals surface area (Å²) in [6, 6.07) is 0.129. The molecule has 3 N–H and O–H groups in total. The number of nitrogens with one attached hydrogen (secondary N) is 1. The van der Waals surface area contributed by atoms with Crippen LogP contribution in [0.15, 0.2) is 0 Å². The number of carbonyl (C=O) groups is 1. The van der Waals surface area contributed by atoms with E-state index in [0.29, 0.717) is 19.5 Å². The maximum Gasteiger partial charge on any atom is 0.226 e. The molecule has 20 heavy (non-hydrogen) atoms. The summed E-state index contributed by atoms with van der Waals surface area (Å²) >= 11 is 0. The maximum atomic E-state index is 12.2. The number of piperidine rings is 1. The molecule has 1 heterocycles. The highest BCUT2D eigenvalue weighted by Crippen LogP contribution is 2.21. The summed E-state index contributed by atoms with van der Waals surface area (Å²) < 4.78 is 24.6. The molecule has 6 nitrogen and oxygen atoms in total. The number of rotatable bonds is 6. The zero-order valence-corrected chi connectivity index (χ0v) is 13.8. The van der Waals surface area contributed by atoms with Crippen molar-refractivity contribution in [1.29, 1.82) is 0 Å². The van der Waals surface area contributed by atoms with Crippen molar-refractivity contribution in [3.63, 3.8) is 0 Å². The van der Waals surface area contributed by atoms with E-state index in [1.807, 2.05) is 11.8 Å². The number of hydrogen-bond donors (Lipinski definition) is 2. The van der Waals surface area contributed by atoms with Gasteiger partial charge in [0, 0.05) is 31.6 Å². The molecule has 1 saturated heterocycles. The Hall–Kier alpha value is -0.370. The fourth-order valence-electron chi connectivity index (χ4n) is 2.39. The van der Waals surface area contributed by atoms with Gasteiger partial charge in [0.15, 0.2) is 0 Å². The van der Waals surface area contributed by atoms with Crippen LogP contribution in [0.2, 0.25) is 0 Å². The van der Waals surface area contributed by atoms with Crippen molar-refractivity contribution in [1.82, 2.24) is 9.62 Å². The quantitative estimate of drug-likeness (QED) is 0.735. The molecule has 2 unspecified atom stereocenters. The number of halogens is 1. The molecule has 0 aromatic carbocycles. The number of hydrogen-bond acceptors (Lipinski definition) is 4. The lowest BCUT2D eigenvalue weighted by Crippen LogP contribution is -2.48. The van der Waals surface area contributed by atoms with Crippen molar-refractivity contribution in [3.8, 4) is 0 Å². The van der Waals surface area contributed by atoms with Crippen LogP contribution < -0.4 is 10.5 Å². The molecule has 0 radical (unpaired) electrons. The van der Waals surface area contributed by atoms with Crippen LogP contribution in [0.5, 0.6) is 0 Å². The molecular weight excluding hydrogens is 302 g/mol. The van der Waals surface area contributed by atoms with Crippen LogP contribution in [0.25, 0.3) is 0 Å². The van der Waals surface area contributed by atoms with Crippen LogP contribution in [0.1, 0.15) is 32.6 Å². The predicted molar refractivity (Wildman–Crippen MR) is 82.3 cm³/mol. The lowest BCUT2D eigenvalue weighted by molar-refractivity contribution is -0.138. The van der Waals surface area contributed by atoms with Crippen LogP contribution in [-0.2, 0) is 14.8 Å². The summed E-state index contributed by atoms with van der Waals surface area (Å²) in [5, 5.41) is 0. The number of carbonyl (C=O) groups excluding carboxylic acids is 1. The van der Waals surface area contributed by atoms with E-state index in [0.717, 1.165) is 32.1 Å². The summed E-state index contributed by atoms with van der Waals surface area (Å²) in [4.78, 5) is 14.1. The highest BCUT2D eigenvalue weighted by Gasteiger charge is 2.28. The van der Waals surface area contributed by atoms with Gasteiger partial charge in [-0.15, -0.1) is 12.4 Å². The maximum absolute atomic E-state index is 12.2. The monoisotopic (exact) mass is 327 g/mol. The third kappa shape index (κ3) is 6.39. The minimum absolute atomic E-state index is 0. The zero-order valence-electron chi connectivity index (χ0n) is 12.2. The first kappa shape index (κ1) is 19.6. The number of sulfonamides is 1. The third-order valence-corrected chi connectivity index (χ3v) is 4.26. The van der Waals surface area contributed by atoms with Crippen LogP contribution in [-0.4, -0.2) is 51.2 Å². The SMILES string of the molecule is CC(CN)C(=O)N1CCCCC1CCNS(C)(=O)=O.Cl. The van der Waals surface area contributed by atoms with E-state index in [2.05, 4.69) is 4.72 Å². The van der Waals surface area contributed by atoms with Crippen molar-refractivity contribution in [2.24, 2.45) is 11.7 Å². The van der Waals surface area contributed by atoms with Crippen molar-refractivity contribution in [2.75, 3.05) is 25.9 Å². The summed E-state index contributed by atoms with van der Waals surface area (Å²) in [7, 11) is -3.16. The van der Waals surface area contributed by atoms with Gasteiger partial charge in [0.1, 0.15) is 0 Å². The normalized spacial score (nSPS) is 21.1.